The maximum Gasteiger partial charge on any atom is 0.309 e. The van der Waals surface area contributed by atoms with Crippen LogP contribution >= 0.6 is 43.2 Å². The number of hydrogen-bond donors (Lipinski definition) is 1. The van der Waals surface area contributed by atoms with Gasteiger partial charge >= 0.3 is 5.97 Å². The number of benzene rings is 1. The molecule has 1 atom stereocenters. The number of ketones is 1. The number of rotatable bonds is 5. The summed E-state index contributed by atoms with van der Waals surface area (Å²) in [5.41, 5.74) is 1.82. The van der Waals surface area contributed by atoms with Crippen LogP contribution in [0, 0.1) is 5.92 Å². The van der Waals surface area contributed by atoms with Gasteiger partial charge in [0.05, 0.1) is 23.9 Å². The third-order valence-corrected chi connectivity index (χ3v) is 6.60. The van der Waals surface area contributed by atoms with E-state index in [1.54, 1.807) is 18.2 Å². The summed E-state index contributed by atoms with van der Waals surface area (Å²) in [6.07, 6.45) is 0.960. The summed E-state index contributed by atoms with van der Waals surface area (Å²) in [5.74, 6) is -0.965. The van der Waals surface area contributed by atoms with Crippen LogP contribution in [0.25, 0.3) is 0 Å². The molecule has 5 nitrogen and oxygen atoms in total. The zero-order valence-corrected chi connectivity index (χ0v) is 17.8. The lowest BCUT2D eigenvalue weighted by Crippen LogP contribution is -2.18. The van der Waals surface area contributed by atoms with Gasteiger partial charge < -0.3 is 10.1 Å². The van der Waals surface area contributed by atoms with E-state index in [4.69, 9.17) is 4.74 Å². The van der Waals surface area contributed by atoms with E-state index in [2.05, 4.69) is 37.2 Å². The Hall–Kier alpha value is -1.51. The number of ether oxygens (including phenoxy) is 1. The van der Waals surface area contributed by atoms with Crippen LogP contribution in [0.1, 0.15) is 26.4 Å². The highest BCUT2D eigenvalue weighted by Gasteiger charge is 2.36. The Morgan fingerprint density at radius 2 is 2.00 bits per heavy atom. The van der Waals surface area contributed by atoms with Gasteiger partial charge in [-0.1, -0.05) is 44.0 Å². The van der Waals surface area contributed by atoms with Crippen molar-refractivity contribution in [2.45, 2.75) is 12.8 Å². The number of methoxy groups -OCH3 is 1. The fourth-order valence-electron chi connectivity index (χ4n) is 3.04. The van der Waals surface area contributed by atoms with Crippen LogP contribution < -0.4 is 5.32 Å². The molecular weight excluding hydrogens is 486 g/mol. The lowest BCUT2D eigenvalue weighted by molar-refractivity contribution is -0.145. The maximum atomic E-state index is 13.2. The predicted molar refractivity (Wildman–Crippen MR) is 107 cm³/mol. The third-order valence-electron chi connectivity index (χ3n) is 4.23. The minimum Gasteiger partial charge on any atom is -0.469 e. The number of nitrogens with one attached hydrogen (secondary N) is 1. The van der Waals surface area contributed by atoms with Gasteiger partial charge in [0.1, 0.15) is 5.00 Å². The molecule has 0 fully saturated rings. The molecule has 136 valence electrons. The van der Waals surface area contributed by atoms with Crippen LogP contribution in [-0.4, -0.2) is 30.1 Å². The van der Waals surface area contributed by atoms with E-state index >= 15 is 0 Å². The van der Waals surface area contributed by atoms with Crippen LogP contribution in [0.2, 0.25) is 0 Å². The zero-order valence-electron chi connectivity index (χ0n) is 13.8. The highest BCUT2D eigenvalue weighted by molar-refractivity contribution is 9.10. The van der Waals surface area contributed by atoms with Gasteiger partial charge in [-0.05, 0) is 30.5 Å². The summed E-state index contributed by atoms with van der Waals surface area (Å²) < 4.78 is 5.53. The van der Waals surface area contributed by atoms with E-state index in [1.807, 2.05) is 6.07 Å². The zero-order chi connectivity index (χ0) is 18.8. The number of thiophene rings is 1. The van der Waals surface area contributed by atoms with E-state index in [1.165, 1.54) is 18.4 Å². The first-order valence-electron chi connectivity index (χ1n) is 7.83. The summed E-state index contributed by atoms with van der Waals surface area (Å²) in [4.78, 5) is 37.9. The fraction of sp³-hybridized carbons (Fsp3) is 0.278. The number of carbonyl (C=O) groups excluding carboxylic acids is 3. The van der Waals surface area contributed by atoms with E-state index in [0.29, 0.717) is 33.4 Å². The van der Waals surface area contributed by atoms with Crippen molar-refractivity contribution in [3.8, 4) is 0 Å². The average Bonchev–Trinajstić information content (AvgIpc) is 3.18. The monoisotopic (exact) mass is 499 g/mol. The third kappa shape index (κ3) is 3.63. The average molecular weight is 501 g/mol. The Morgan fingerprint density at radius 3 is 2.65 bits per heavy atom. The lowest BCUT2D eigenvalue weighted by atomic mass is 9.98. The van der Waals surface area contributed by atoms with Gasteiger partial charge in [0.25, 0.3) is 0 Å². The first kappa shape index (κ1) is 19.3. The van der Waals surface area contributed by atoms with Crippen molar-refractivity contribution in [2.75, 3.05) is 17.8 Å². The number of amides is 1. The number of alkyl halides is 1. The lowest BCUT2D eigenvalue weighted by Gasteiger charge is -2.10. The van der Waals surface area contributed by atoms with Gasteiger partial charge in [0.2, 0.25) is 5.91 Å². The smallest absolute Gasteiger partial charge is 0.309 e. The van der Waals surface area contributed by atoms with Gasteiger partial charge in [-0.15, -0.1) is 11.3 Å². The molecule has 1 amide bonds. The van der Waals surface area contributed by atoms with E-state index in [0.717, 1.165) is 10.4 Å². The number of halogens is 2. The van der Waals surface area contributed by atoms with Crippen molar-refractivity contribution in [2.24, 2.45) is 5.92 Å². The Morgan fingerprint density at radius 1 is 1.27 bits per heavy atom. The van der Waals surface area contributed by atoms with Gasteiger partial charge in [0.15, 0.2) is 5.78 Å². The second-order valence-electron chi connectivity index (χ2n) is 5.83. The first-order chi connectivity index (χ1) is 12.5. The number of fused-ring (bicyclic) bond motifs is 1. The van der Waals surface area contributed by atoms with Crippen molar-refractivity contribution < 1.29 is 19.1 Å². The molecule has 1 aromatic heterocycles. The molecule has 1 aromatic carbocycles. The van der Waals surface area contributed by atoms with Gasteiger partial charge in [-0.2, -0.15) is 0 Å². The first-order valence-corrected chi connectivity index (χ1v) is 10.6. The molecule has 0 saturated carbocycles. The highest BCUT2D eigenvalue weighted by atomic mass is 79.9. The highest BCUT2D eigenvalue weighted by Crippen LogP contribution is 2.43. The van der Waals surface area contributed by atoms with Crippen LogP contribution in [0.4, 0.5) is 5.00 Å². The van der Waals surface area contributed by atoms with Crippen LogP contribution in [0.5, 0.6) is 0 Å². The molecule has 1 aliphatic rings. The summed E-state index contributed by atoms with van der Waals surface area (Å²) in [7, 11) is 1.36. The molecule has 0 bridgehead atoms. The normalized spacial score (nSPS) is 15.4. The SMILES string of the molecule is COC(=O)C1Cc2sc(NC(=O)CBr)c(C(=O)c3ccccc3Br)c2C1. The van der Waals surface area contributed by atoms with Crippen molar-refractivity contribution >= 4 is 65.9 Å². The van der Waals surface area contributed by atoms with Crippen LogP contribution in [-0.2, 0) is 27.2 Å². The predicted octanol–water partition coefficient (Wildman–Crippen LogP) is 3.96. The minimum atomic E-state index is -0.284. The van der Waals surface area contributed by atoms with E-state index < -0.39 is 0 Å². The Balaban J connectivity index is 2.05. The molecule has 0 spiro atoms. The van der Waals surface area contributed by atoms with E-state index in [-0.39, 0.29) is 28.9 Å². The van der Waals surface area contributed by atoms with Crippen molar-refractivity contribution in [3.63, 3.8) is 0 Å². The molecule has 1 N–H and O–H groups in total. The second-order valence-corrected chi connectivity index (χ2v) is 8.35. The van der Waals surface area contributed by atoms with Crippen LogP contribution in [0.15, 0.2) is 28.7 Å². The van der Waals surface area contributed by atoms with Gasteiger partial charge in [-0.25, -0.2) is 0 Å². The molecule has 0 aliphatic heterocycles. The minimum absolute atomic E-state index is 0.142. The summed E-state index contributed by atoms with van der Waals surface area (Å²) in [5, 5.41) is 3.47. The van der Waals surface area contributed by atoms with Crippen molar-refractivity contribution in [1.82, 2.24) is 0 Å². The largest absolute Gasteiger partial charge is 0.469 e. The maximum absolute atomic E-state index is 13.2. The number of esters is 1. The molecule has 1 heterocycles. The van der Waals surface area contributed by atoms with Crippen molar-refractivity contribution in [3.05, 3.63) is 50.3 Å². The molecular formula is C18H15Br2NO4S. The number of carbonyl (C=O) groups is 3. The number of anilines is 1. The van der Waals surface area contributed by atoms with Crippen LogP contribution in [0.3, 0.4) is 0 Å². The van der Waals surface area contributed by atoms with Crippen molar-refractivity contribution in [1.29, 1.82) is 0 Å². The Kier molecular flexibility index (Phi) is 5.94. The summed E-state index contributed by atoms with van der Waals surface area (Å²) >= 11 is 7.89. The number of hydrogen-bond acceptors (Lipinski definition) is 5. The standard InChI is InChI=1S/C18H15Br2NO4S/c1-25-18(24)9-6-11-13(7-9)26-17(21-14(22)8-19)15(11)16(23)10-4-2-3-5-12(10)20/h2-5,9H,6-8H2,1H3,(H,21,22). The summed E-state index contributed by atoms with van der Waals surface area (Å²) in [6.45, 7) is 0. The second kappa shape index (κ2) is 8.02. The molecule has 8 heteroatoms. The Bertz CT molecular complexity index is 893. The van der Waals surface area contributed by atoms with Gasteiger partial charge in [-0.3, -0.25) is 14.4 Å². The molecule has 0 radical (unpaired) electrons. The quantitative estimate of drug-likeness (QED) is 0.383. The fourth-order valence-corrected chi connectivity index (χ4v) is 4.96. The molecule has 2 aromatic rings. The van der Waals surface area contributed by atoms with E-state index in [9.17, 15) is 14.4 Å². The molecule has 1 aliphatic carbocycles. The van der Waals surface area contributed by atoms with Gasteiger partial charge in [0, 0.05) is 14.9 Å². The molecule has 3 rings (SSSR count). The molecule has 0 saturated heterocycles. The molecule has 26 heavy (non-hydrogen) atoms. The molecule has 1 unspecified atom stereocenters. The topological polar surface area (TPSA) is 72.5 Å². The summed E-state index contributed by atoms with van der Waals surface area (Å²) in [6, 6.07) is 7.16. The Labute approximate surface area is 171 Å².